The molecule has 1 amide bonds. The van der Waals surface area contributed by atoms with E-state index < -0.39 is 29.3 Å². The summed E-state index contributed by atoms with van der Waals surface area (Å²) in [5.74, 6) is 0. The van der Waals surface area contributed by atoms with Crippen molar-refractivity contribution < 1.29 is 13.7 Å². The Morgan fingerprint density at radius 1 is 1.03 bits per heavy atom. The molecule has 0 aliphatic carbocycles. The number of carbonyl (C=O) groups is 1. The Morgan fingerprint density at radius 3 is 1.97 bits per heavy atom. The van der Waals surface area contributed by atoms with Gasteiger partial charge in [0.25, 0.3) is 0 Å². The zero-order valence-electron chi connectivity index (χ0n) is 22.7. The molecule has 0 spiro atoms. The zero-order valence-corrected chi connectivity index (χ0v) is 24.7. The van der Waals surface area contributed by atoms with Crippen molar-refractivity contribution in [3.05, 3.63) is 72.1 Å². The Labute approximate surface area is 218 Å². The molecule has 2 atom stereocenters. The van der Waals surface area contributed by atoms with Gasteiger partial charge < -0.3 is 0 Å². The van der Waals surface area contributed by atoms with Crippen LogP contribution < -0.4 is 14.8 Å². The van der Waals surface area contributed by atoms with Crippen molar-refractivity contribution in [1.29, 1.82) is 4.78 Å². The molecule has 0 radical (unpaired) electrons. The van der Waals surface area contributed by atoms with Crippen molar-refractivity contribution in [2.24, 2.45) is 0 Å². The Kier molecular flexibility index (Phi) is 7.94. The van der Waals surface area contributed by atoms with E-state index in [4.69, 9.17) is 9.52 Å². The van der Waals surface area contributed by atoms with Crippen molar-refractivity contribution in [3.8, 4) is 0 Å². The summed E-state index contributed by atoms with van der Waals surface area (Å²) in [4.78, 5) is 14.6. The minimum atomic E-state index is -3.36. The summed E-state index contributed by atoms with van der Waals surface area (Å²) in [7, 11) is -6.69. The van der Waals surface area contributed by atoms with Gasteiger partial charge in [-0.3, -0.25) is 0 Å². The first kappa shape index (κ1) is 28.2. The fraction of sp³-hybridized carbons (Fsp3) is 0.464. The Morgan fingerprint density at radius 2 is 1.53 bits per heavy atom. The van der Waals surface area contributed by atoms with Crippen molar-refractivity contribution in [2.75, 3.05) is 6.54 Å². The van der Waals surface area contributed by atoms with Crippen LogP contribution in [0.25, 0.3) is 0 Å². The molecule has 2 aromatic rings. The fourth-order valence-electron chi connectivity index (χ4n) is 5.31. The van der Waals surface area contributed by atoms with Gasteiger partial charge in [0.2, 0.25) is 0 Å². The number of rotatable bonds is 6. The number of hydrogen-bond acceptors (Lipinski definition) is 4. The van der Waals surface area contributed by atoms with Crippen LogP contribution in [0.3, 0.4) is 0 Å². The molecule has 2 aromatic carbocycles. The molecule has 8 heteroatoms. The molecule has 36 heavy (non-hydrogen) atoms. The molecule has 1 fully saturated rings. The van der Waals surface area contributed by atoms with Crippen molar-refractivity contribution >= 4 is 34.6 Å². The van der Waals surface area contributed by atoms with Crippen molar-refractivity contribution in [1.82, 2.24) is 9.29 Å². The zero-order chi connectivity index (χ0) is 26.8. The van der Waals surface area contributed by atoms with Crippen LogP contribution in [0, 0.1) is 4.78 Å². The standard InChI is InChI=1S/C28H42N3O3SSi/c1-26(2,3)34-25(32)31-21-14-19-28(31,7)20-22-35(29,33)30-36(27(4,5)6,23-15-10-8-11-16-23)24-17-12-9-13-18-24/h8-13,15-18,20,22,36H,14,19,21H2,1-7H3,(H2,29,30,33)/q-1/b22-20+/t28-,35?/m0/s1. The molecule has 1 aliphatic heterocycles. The molecule has 0 bridgehead atoms. The summed E-state index contributed by atoms with van der Waals surface area (Å²) in [6, 6.07) is 20.3. The van der Waals surface area contributed by atoms with Crippen molar-refractivity contribution in [2.45, 2.75) is 77.5 Å². The van der Waals surface area contributed by atoms with Gasteiger partial charge in [-0.2, -0.15) is 0 Å². The van der Waals surface area contributed by atoms with Crippen LogP contribution in [0.5, 0.6) is 0 Å². The van der Waals surface area contributed by atoms with Crippen LogP contribution in [-0.4, -0.2) is 41.1 Å². The number of hydrogen-bond donors (Lipinski definition) is 2. The second kappa shape index (κ2) is 10.1. The first-order valence-corrected chi connectivity index (χ1v) is 16.6. The van der Waals surface area contributed by atoms with Gasteiger partial charge in [0, 0.05) is 0 Å². The van der Waals surface area contributed by atoms with Gasteiger partial charge in [-0.15, -0.1) is 0 Å². The molecule has 0 saturated carbocycles. The Bertz CT molecular complexity index is 1150. The van der Waals surface area contributed by atoms with Gasteiger partial charge >= 0.3 is 219 Å². The van der Waals surface area contributed by atoms with Crippen molar-refractivity contribution in [3.63, 3.8) is 0 Å². The third kappa shape index (κ3) is 6.10. The predicted octanol–water partition coefficient (Wildman–Crippen LogP) is 5.13. The van der Waals surface area contributed by atoms with Crippen LogP contribution in [0.2, 0.25) is 5.04 Å². The topological polar surface area (TPSA) is 82.5 Å². The number of ether oxygens (including phenoxy) is 1. The van der Waals surface area contributed by atoms with Crippen LogP contribution in [-0.2, 0) is 14.7 Å². The summed E-state index contributed by atoms with van der Waals surface area (Å²) in [6.45, 7) is 14.5. The monoisotopic (exact) mass is 528 g/mol. The van der Waals surface area contributed by atoms with Crippen LogP contribution in [0.1, 0.15) is 61.3 Å². The van der Waals surface area contributed by atoms with E-state index in [1.807, 2.05) is 64.1 Å². The molecular formula is C28H42N3O3SSi-. The number of carbonyl (C=O) groups excluding carboxylic acids is 1. The summed E-state index contributed by atoms with van der Waals surface area (Å²) in [6.07, 6.45) is 2.93. The average molecular weight is 529 g/mol. The molecule has 2 N–H and O–H groups in total. The van der Waals surface area contributed by atoms with E-state index in [-0.39, 0.29) is 11.1 Å². The summed E-state index contributed by atoms with van der Waals surface area (Å²) in [5.41, 5.74) is -1.26. The van der Waals surface area contributed by atoms with Gasteiger partial charge in [0.15, 0.2) is 0 Å². The normalized spacial score (nSPS) is 21.4. The molecule has 1 unspecified atom stereocenters. The summed E-state index contributed by atoms with van der Waals surface area (Å²) >= 11 is 0. The molecular weight excluding hydrogens is 486 g/mol. The number of likely N-dealkylation sites (tertiary alicyclic amines) is 1. The maximum atomic E-state index is 14.0. The van der Waals surface area contributed by atoms with E-state index >= 15 is 0 Å². The molecule has 3 rings (SSSR count). The van der Waals surface area contributed by atoms with Gasteiger partial charge in [0.1, 0.15) is 0 Å². The van der Waals surface area contributed by atoms with Crippen LogP contribution in [0.4, 0.5) is 4.79 Å². The first-order chi connectivity index (χ1) is 16.6. The fourth-order valence-corrected chi connectivity index (χ4v) is 14.7. The molecule has 1 heterocycles. The maximum absolute atomic E-state index is 14.0. The summed E-state index contributed by atoms with van der Waals surface area (Å²) in [5, 5.41) is 3.40. The summed E-state index contributed by atoms with van der Waals surface area (Å²) < 4.78 is 32.0. The molecule has 198 valence electrons. The van der Waals surface area contributed by atoms with Gasteiger partial charge in [0.05, 0.1) is 0 Å². The number of nitrogens with one attached hydrogen (secondary N) is 2. The van der Waals surface area contributed by atoms with Gasteiger partial charge in [-0.25, -0.2) is 0 Å². The number of nitrogens with zero attached hydrogens (tertiary/aromatic N) is 1. The molecule has 0 aromatic heterocycles. The SMILES string of the molecule is CC(C)(C)OC(=O)N1CCC[C@@]1(C)/C=C/S(=N)(=O)N[SiH-](c1ccccc1)(c1ccccc1)C(C)(C)C. The van der Waals surface area contributed by atoms with E-state index in [9.17, 15) is 9.00 Å². The number of benzene rings is 2. The van der Waals surface area contributed by atoms with E-state index in [0.717, 1.165) is 23.2 Å². The van der Waals surface area contributed by atoms with Gasteiger partial charge in [-0.05, 0) is 0 Å². The Hall–Kier alpha value is -2.42. The quantitative estimate of drug-likeness (QED) is 0.510. The predicted molar refractivity (Wildman–Crippen MR) is 153 cm³/mol. The molecule has 1 aliphatic rings. The third-order valence-electron chi connectivity index (χ3n) is 7.16. The molecule has 6 nitrogen and oxygen atoms in total. The van der Waals surface area contributed by atoms with E-state index in [2.05, 4.69) is 49.4 Å². The third-order valence-corrected chi connectivity index (χ3v) is 15.9. The van der Waals surface area contributed by atoms with Gasteiger partial charge in [-0.1, -0.05) is 0 Å². The Balaban J connectivity index is 2.02. The second-order valence-corrected chi connectivity index (χ2v) is 19.4. The second-order valence-electron chi connectivity index (χ2n) is 12.2. The van der Waals surface area contributed by atoms with Crippen LogP contribution in [0.15, 0.2) is 72.1 Å². The van der Waals surface area contributed by atoms with E-state index in [1.54, 1.807) is 11.0 Å². The number of amides is 1. The van der Waals surface area contributed by atoms with Crippen LogP contribution >= 0.6 is 0 Å². The first-order valence-electron chi connectivity index (χ1n) is 12.6. The van der Waals surface area contributed by atoms with E-state index in [1.165, 1.54) is 5.41 Å². The minimum absolute atomic E-state index is 0.271. The van der Waals surface area contributed by atoms with E-state index in [0.29, 0.717) is 6.54 Å². The molecule has 1 saturated heterocycles. The average Bonchev–Trinajstić information content (AvgIpc) is 3.18.